The Labute approximate surface area is 72.2 Å². The Balaban J connectivity index is 1.81. The number of hydrogen-bond donors (Lipinski definition) is 0. The second-order valence-corrected chi connectivity index (χ2v) is 2.92. The second kappa shape index (κ2) is 3.59. The number of rotatable bonds is 3. The summed E-state index contributed by atoms with van der Waals surface area (Å²) in [5.41, 5.74) is 0. The maximum absolute atomic E-state index is 5.52. The Bertz CT molecular complexity index is 234. The van der Waals surface area contributed by atoms with E-state index < -0.39 is 0 Å². The summed E-state index contributed by atoms with van der Waals surface area (Å²) in [4.78, 5) is 0. The van der Waals surface area contributed by atoms with Crippen molar-refractivity contribution in [2.24, 2.45) is 0 Å². The molecule has 2 nitrogen and oxygen atoms in total. The fraction of sp³-hybridized carbons (Fsp3) is 0.400. The SMILES string of the molecule is C1=CC=C(OCC2CO2)CC=C1. The van der Waals surface area contributed by atoms with Crippen LogP contribution >= 0.6 is 0 Å². The predicted molar refractivity (Wildman–Crippen MR) is 46.7 cm³/mol. The Morgan fingerprint density at radius 2 is 2.33 bits per heavy atom. The zero-order chi connectivity index (χ0) is 8.23. The third-order valence-corrected chi connectivity index (χ3v) is 1.82. The van der Waals surface area contributed by atoms with Crippen LogP contribution in [-0.2, 0) is 9.47 Å². The van der Waals surface area contributed by atoms with Gasteiger partial charge in [-0.25, -0.2) is 0 Å². The second-order valence-electron chi connectivity index (χ2n) is 2.92. The van der Waals surface area contributed by atoms with Gasteiger partial charge in [-0.3, -0.25) is 0 Å². The number of hydrogen-bond acceptors (Lipinski definition) is 2. The highest BCUT2D eigenvalue weighted by Gasteiger charge is 2.23. The van der Waals surface area contributed by atoms with E-state index in [0.29, 0.717) is 12.7 Å². The van der Waals surface area contributed by atoms with E-state index in [1.165, 1.54) is 0 Å². The van der Waals surface area contributed by atoms with E-state index in [1.54, 1.807) is 0 Å². The minimum Gasteiger partial charge on any atom is -0.495 e. The van der Waals surface area contributed by atoms with Gasteiger partial charge in [0.1, 0.15) is 12.7 Å². The molecule has 0 N–H and O–H groups in total. The standard InChI is InChI=1S/C10H12O2/c1-2-4-6-9(5-3-1)11-7-10-8-12-10/h1-5,10H,6-8H2. The normalized spacial score (nSPS) is 26.3. The maximum Gasteiger partial charge on any atom is 0.116 e. The Morgan fingerprint density at radius 3 is 3.17 bits per heavy atom. The van der Waals surface area contributed by atoms with E-state index in [4.69, 9.17) is 9.47 Å². The van der Waals surface area contributed by atoms with Crippen LogP contribution in [0.4, 0.5) is 0 Å². The summed E-state index contributed by atoms with van der Waals surface area (Å²) in [7, 11) is 0. The molecule has 2 aliphatic rings. The molecule has 64 valence electrons. The van der Waals surface area contributed by atoms with Crippen molar-refractivity contribution in [3.8, 4) is 0 Å². The van der Waals surface area contributed by atoms with Crippen LogP contribution in [0.2, 0.25) is 0 Å². The molecule has 0 spiro atoms. The van der Waals surface area contributed by atoms with Gasteiger partial charge in [0.15, 0.2) is 0 Å². The Morgan fingerprint density at radius 1 is 1.42 bits per heavy atom. The van der Waals surface area contributed by atoms with Crippen molar-refractivity contribution >= 4 is 0 Å². The van der Waals surface area contributed by atoms with E-state index in [1.807, 2.05) is 24.3 Å². The molecule has 0 bridgehead atoms. The molecule has 0 aromatic rings. The number of allylic oxidation sites excluding steroid dienone is 5. The van der Waals surface area contributed by atoms with Crippen molar-refractivity contribution in [3.05, 3.63) is 36.1 Å². The number of epoxide rings is 1. The van der Waals surface area contributed by atoms with Crippen LogP contribution in [0.25, 0.3) is 0 Å². The van der Waals surface area contributed by atoms with Crippen LogP contribution < -0.4 is 0 Å². The zero-order valence-electron chi connectivity index (χ0n) is 6.90. The first-order chi connectivity index (χ1) is 5.95. The van der Waals surface area contributed by atoms with Crippen molar-refractivity contribution < 1.29 is 9.47 Å². The zero-order valence-corrected chi connectivity index (χ0v) is 6.90. The first-order valence-corrected chi connectivity index (χ1v) is 4.22. The molecule has 1 atom stereocenters. The van der Waals surface area contributed by atoms with Gasteiger partial charge in [0.05, 0.1) is 12.4 Å². The quantitative estimate of drug-likeness (QED) is 0.593. The molecule has 1 aliphatic heterocycles. The van der Waals surface area contributed by atoms with Crippen LogP contribution in [0.1, 0.15) is 6.42 Å². The molecule has 0 aromatic heterocycles. The van der Waals surface area contributed by atoms with E-state index in [0.717, 1.165) is 18.8 Å². The average Bonchev–Trinajstić information content (AvgIpc) is 2.90. The Kier molecular flexibility index (Phi) is 2.28. The summed E-state index contributed by atoms with van der Waals surface area (Å²) in [6.45, 7) is 1.56. The minimum absolute atomic E-state index is 0.349. The van der Waals surface area contributed by atoms with Gasteiger partial charge < -0.3 is 9.47 Å². The van der Waals surface area contributed by atoms with Crippen molar-refractivity contribution in [1.82, 2.24) is 0 Å². The summed E-state index contributed by atoms with van der Waals surface area (Å²) in [5.74, 6) is 1.02. The molecule has 1 aliphatic carbocycles. The monoisotopic (exact) mass is 164 g/mol. The molecule has 2 rings (SSSR count). The topological polar surface area (TPSA) is 21.8 Å². The molecular formula is C10H12O2. The predicted octanol–water partition coefficient (Wildman–Crippen LogP) is 1.80. The molecule has 1 heterocycles. The molecular weight excluding hydrogens is 152 g/mol. The van der Waals surface area contributed by atoms with Crippen molar-refractivity contribution in [2.45, 2.75) is 12.5 Å². The molecule has 12 heavy (non-hydrogen) atoms. The summed E-state index contributed by atoms with van der Waals surface area (Å²) < 4.78 is 10.6. The summed E-state index contributed by atoms with van der Waals surface area (Å²) in [5, 5.41) is 0. The van der Waals surface area contributed by atoms with Crippen LogP contribution in [-0.4, -0.2) is 19.3 Å². The molecule has 0 aromatic carbocycles. The van der Waals surface area contributed by atoms with Gasteiger partial charge in [0.2, 0.25) is 0 Å². The van der Waals surface area contributed by atoms with Crippen molar-refractivity contribution in [3.63, 3.8) is 0 Å². The lowest BCUT2D eigenvalue weighted by Gasteiger charge is -2.05. The summed E-state index contributed by atoms with van der Waals surface area (Å²) in [6.07, 6.45) is 11.4. The van der Waals surface area contributed by atoms with Crippen LogP contribution in [0.3, 0.4) is 0 Å². The van der Waals surface area contributed by atoms with Crippen LogP contribution in [0.15, 0.2) is 36.1 Å². The lowest BCUT2D eigenvalue weighted by atomic mass is 10.3. The highest BCUT2D eigenvalue weighted by molar-refractivity contribution is 5.20. The van der Waals surface area contributed by atoms with Gasteiger partial charge in [-0.05, 0) is 6.08 Å². The van der Waals surface area contributed by atoms with E-state index in [9.17, 15) is 0 Å². The summed E-state index contributed by atoms with van der Waals surface area (Å²) in [6, 6.07) is 0. The van der Waals surface area contributed by atoms with Crippen LogP contribution in [0.5, 0.6) is 0 Å². The summed E-state index contributed by atoms with van der Waals surface area (Å²) >= 11 is 0. The average molecular weight is 164 g/mol. The first kappa shape index (κ1) is 7.62. The van der Waals surface area contributed by atoms with Crippen molar-refractivity contribution in [1.29, 1.82) is 0 Å². The van der Waals surface area contributed by atoms with Crippen LogP contribution in [0, 0.1) is 0 Å². The third kappa shape index (κ3) is 2.24. The third-order valence-electron chi connectivity index (χ3n) is 1.82. The molecule has 1 fully saturated rings. The molecule has 0 saturated carbocycles. The first-order valence-electron chi connectivity index (χ1n) is 4.22. The van der Waals surface area contributed by atoms with Gasteiger partial charge in [0.25, 0.3) is 0 Å². The number of ether oxygens (including phenoxy) is 2. The molecule has 2 heteroatoms. The van der Waals surface area contributed by atoms with E-state index >= 15 is 0 Å². The highest BCUT2D eigenvalue weighted by Crippen LogP contribution is 2.14. The lowest BCUT2D eigenvalue weighted by Crippen LogP contribution is -2.00. The fourth-order valence-corrected chi connectivity index (χ4v) is 1.03. The van der Waals surface area contributed by atoms with Gasteiger partial charge in [-0.15, -0.1) is 0 Å². The fourth-order valence-electron chi connectivity index (χ4n) is 1.03. The van der Waals surface area contributed by atoms with Crippen molar-refractivity contribution in [2.75, 3.05) is 13.2 Å². The van der Waals surface area contributed by atoms with Gasteiger partial charge in [0, 0.05) is 6.42 Å². The van der Waals surface area contributed by atoms with Gasteiger partial charge in [-0.1, -0.05) is 24.3 Å². The molecule has 1 unspecified atom stereocenters. The van der Waals surface area contributed by atoms with E-state index in [-0.39, 0.29) is 0 Å². The maximum atomic E-state index is 5.52. The van der Waals surface area contributed by atoms with Gasteiger partial charge in [-0.2, -0.15) is 0 Å². The lowest BCUT2D eigenvalue weighted by molar-refractivity contribution is 0.179. The molecule has 0 amide bonds. The van der Waals surface area contributed by atoms with E-state index in [2.05, 4.69) is 6.08 Å². The molecule has 1 saturated heterocycles. The largest absolute Gasteiger partial charge is 0.495 e. The highest BCUT2D eigenvalue weighted by atomic mass is 16.6. The minimum atomic E-state index is 0.349. The Hall–Kier alpha value is -1.02. The van der Waals surface area contributed by atoms with Gasteiger partial charge >= 0.3 is 0 Å². The molecule has 0 radical (unpaired) electrons. The smallest absolute Gasteiger partial charge is 0.116 e.